The number of benzene rings is 1. The molecule has 2 N–H and O–H groups in total. The Morgan fingerprint density at radius 3 is 2.58 bits per heavy atom. The number of aliphatic carboxylic acids is 1. The Balaban J connectivity index is 2.79. The van der Waals surface area contributed by atoms with Crippen molar-refractivity contribution in [1.82, 2.24) is 0 Å². The average Bonchev–Trinajstić information content (AvgIpc) is 2.35. The van der Waals surface area contributed by atoms with Gasteiger partial charge in [-0.3, -0.25) is 4.79 Å². The first-order valence-electron chi connectivity index (χ1n) is 6.11. The normalized spacial score (nSPS) is 11.9. The van der Waals surface area contributed by atoms with Crippen molar-refractivity contribution in [3.8, 4) is 0 Å². The van der Waals surface area contributed by atoms with E-state index in [-0.39, 0.29) is 12.4 Å². The van der Waals surface area contributed by atoms with Crippen LogP contribution in [0.5, 0.6) is 0 Å². The average molecular weight is 266 g/mol. The number of carbonyl (C=O) groups excluding carboxylic acids is 1. The Morgan fingerprint density at radius 2 is 2.00 bits per heavy atom. The van der Waals surface area contributed by atoms with E-state index in [1.165, 1.54) is 0 Å². The molecule has 5 heteroatoms. The molecular weight excluding hydrogens is 248 g/mol. The predicted octanol–water partition coefficient (Wildman–Crippen LogP) is 1.61. The van der Waals surface area contributed by atoms with E-state index in [1.54, 1.807) is 19.1 Å². The lowest BCUT2D eigenvalue weighted by atomic mass is 10.00. The standard InChI is InChI=1S/C14H18O5/c1-3-19-12(15)5-4-10-6-9(2)7-11(8-10)13(16)14(17)18/h6-8,13,16H,3-5H2,1-2H3,(H,17,18). The van der Waals surface area contributed by atoms with Crippen molar-refractivity contribution in [1.29, 1.82) is 0 Å². The first-order valence-corrected chi connectivity index (χ1v) is 6.11. The quantitative estimate of drug-likeness (QED) is 0.764. The summed E-state index contributed by atoms with van der Waals surface area (Å²) in [4.78, 5) is 22.0. The van der Waals surface area contributed by atoms with Crippen LogP contribution in [0.1, 0.15) is 36.1 Å². The highest BCUT2D eigenvalue weighted by molar-refractivity contribution is 5.74. The summed E-state index contributed by atoms with van der Waals surface area (Å²) < 4.78 is 4.83. The molecule has 5 nitrogen and oxygen atoms in total. The highest BCUT2D eigenvalue weighted by atomic mass is 16.5. The first kappa shape index (κ1) is 15.2. The third-order valence-electron chi connectivity index (χ3n) is 2.63. The Labute approximate surface area is 111 Å². The Kier molecular flexibility index (Phi) is 5.51. The zero-order valence-corrected chi connectivity index (χ0v) is 11.0. The SMILES string of the molecule is CCOC(=O)CCc1cc(C)cc(C(O)C(=O)O)c1. The molecule has 0 bridgehead atoms. The fraction of sp³-hybridized carbons (Fsp3) is 0.429. The van der Waals surface area contributed by atoms with Crippen molar-refractivity contribution in [2.24, 2.45) is 0 Å². The maximum Gasteiger partial charge on any atom is 0.337 e. The number of carboxylic acids is 1. The van der Waals surface area contributed by atoms with Crippen LogP contribution in [0.15, 0.2) is 18.2 Å². The molecule has 104 valence electrons. The number of aliphatic hydroxyl groups excluding tert-OH is 1. The largest absolute Gasteiger partial charge is 0.479 e. The molecule has 0 saturated heterocycles. The van der Waals surface area contributed by atoms with Gasteiger partial charge in [0.05, 0.1) is 6.61 Å². The fourth-order valence-corrected chi connectivity index (χ4v) is 1.82. The van der Waals surface area contributed by atoms with E-state index in [9.17, 15) is 14.7 Å². The van der Waals surface area contributed by atoms with Gasteiger partial charge in [-0.2, -0.15) is 0 Å². The molecule has 0 aliphatic rings. The number of aliphatic hydroxyl groups is 1. The number of ether oxygens (including phenoxy) is 1. The highest BCUT2D eigenvalue weighted by Gasteiger charge is 2.16. The molecule has 1 atom stereocenters. The molecule has 19 heavy (non-hydrogen) atoms. The lowest BCUT2D eigenvalue weighted by Gasteiger charge is -2.10. The highest BCUT2D eigenvalue weighted by Crippen LogP contribution is 2.18. The van der Waals surface area contributed by atoms with Crippen LogP contribution >= 0.6 is 0 Å². The monoisotopic (exact) mass is 266 g/mol. The van der Waals surface area contributed by atoms with Crippen molar-refractivity contribution >= 4 is 11.9 Å². The van der Waals surface area contributed by atoms with Crippen molar-refractivity contribution < 1.29 is 24.5 Å². The second-order valence-corrected chi connectivity index (χ2v) is 4.30. The van der Waals surface area contributed by atoms with E-state index in [4.69, 9.17) is 9.84 Å². The fourth-order valence-electron chi connectivity index (χ4n) is 1.82. The van der Waals surface area contributed by atoms with Crippen LogP contribution in [-0.2, 0) is 20.7 Å². The summed E-state index contributed by atoms with van der Waals surface area (Å²) >= 11 is 0. The topological polar surface area (TPSA) is 83.8 Å². The molecule has 1 aromatic carbocycles. The van der Waals surface area contributed by atoms with Gasteiger partial charge < -0.3 is 14.9 Å². The molecule has 0 aliphatic heterocycles. The minimum atomic E-state index is -1.54. The number of esters is 1. The molecule has 1 aromatic rings. The summed E-state index contributed by atoms with van der Waals surface area (Å²) in [5.74, 6) is -1.58. The molecule has 0 heterocycles. The number of rotatable bonds is 6. The van der Waals surface area contributed by atoms with E-state index in [1.807, 2.05) is 13.0 Å². The van der Waals surface area contributed by atoms with Crippen molar-refractivity contribution in [3.63, 3.8) is 0 Å². The summed E-state index contributed by atoms with van der Waals surface area (Å²) in [6, 6.07) is 5.08. The molecule has 0 radical (unpaired) electrons. The number of hydrogen-bond acceptors (Lipinski definition) is 4. The van der Waals surface area contributed by atoms with Gasteiger partial charge in [-0.25, -0.2) is 4.79 Å². The van der Waals surface area contributed by atoms with E-state index in [0.717, 1.165) is 11.1 Å². The van der Waals surface area contributed by atoms with Crippen molar-refractivity contribution in [3.05, 3.63) is 34.9 Å². The summed E-state index contributed by atoms with van der Waals surface area (Å²) in [7, 11) is 0. The smallest absolute Gasteiger partial charge is 0.337 e. The van der Waals surface area contributed by atoms with Crippen LogP contribution in [-0.4, -0.2) is 28.8 Å². The van der Waals surface area contributed by atoms with Crippen LogP contribution in [0.3, 0.4) is 0 Å². The lowest BCUT2D eigenvalue weighted by Crippen LogP contribution is -2.11. The van der Waals surface area contributed by atoms with E-state index in [2.05, 4.69) is 0 Å². The predicted molar refractivity (Wildman–Crippen MR) is 68.7 cm³/mol. The number of aryl methyl sites for hydroxylation is 2. The Morgan fingerprint density at radius 1 is 1.32 bits per heavy atom. The van der Waals surface area contributed by atoms with Gasteiger partial charge in [-0.15, -0.1) is 0 Å². The van der Waals surface area contributed by atoms with Crippen LogP contribution in [0.25, 0.3) is 0 Å². The molecule has 0 saturated carbocycles. The minimum absolute atomic E-state index is 0.236. The van der Waals surface area contributed by atoms with E-state index < -0.39 is 12.1 Å². The maximum atomic E-state index is 11.3. The van der Waals surface area contributed by atoms with Gasteiger partial charge in [0.1, 0.15) is 0 Å². The van der Waals surface area contributed by atoms with Gasteiger partial charge in [0.2, 0.25) is 0 Å². The van der Waals surface area contributed by atoms with Crippen molar-refractivity contribution in [2.45, 2.75) is 32.8 Å². The molecule has 1 unspecified atom stereocenters. The van der Waals surface area contributed by atoms with Gasteiger partial charge in [-0.05, 0) is 31.4 Å². The van der Waals surface area contributed by atoms with Gasteiger partial charge in [-0.1, -0.05) is 23.8 Å². The first-order chi connectivity index (χ1) is 8.93. The van der Waals surface area contributed by atoms with Crippen LogP contribution in [0.4, 0.5) is 0 Å². The third kappa shape index (κ3) is 4.71. The third-order valence-corrected chi connectivity index (χ3v) is 2.63. The molecule has 0 spiro atoms. The van der Waals surface area contributed by atoms with E-state index in [0.29, 0.717) is 18.6 Å². The van der Waals surface area contributed by atoms with Gasteiger partial charge in [0, 0.05) is 6.42 Å². The molecule has 0 fully saturated rings. The number of carboxylic acid groups (broad SMARTS) is 1. The zero-order valence-electron chi connectivity index (χ0n) is 11.0. The Bertz CT molecular complexity index is 467. The van der Waals surface area contributed by atoms with Crippen LogP contribution in [0, 0.1) is 6.92 Å². The summed E-state index contributed by atoms with van der Waals surface area (Å²) in [5, 5.41) is 18.3. The summed E-state index contributed by atoms with van der Waals surface area (Å²) in [6.45, 7) is 3.90. The van der Waals surface area contributed by atoms with Crippen LogP contribution < -0.4 is 0 Å². The minimum Gasteiger partial charge on any atom is -0.479 e. The molecule has 1 rings (SSSR count). The van der Waals surface area contributed by atoms with Crippen LogP contribution in [0.2, 0.25) is 0 Å². The van der Waals surface area contributed by atoms with Gasteiger partial charge in [0.25, 0.3) is 0 Å². The zero-order chi connectivity index (χ0) is 14.4. The maximum absolute atomic E-state index is 11.3. The molecule has 0 amide bonds. The summed E-state index contributed by atoms with van der Waals surface area (Å²) in [5.41, 5.74) is 1.98. The van der Waals surface area contributed by atoms with Gasteiger partial charge in [0.15, 0.2) is 6.10 Å². The van der Waals surface area contributed by atoms with E-state index >= 15 is 0 Å². The van der Waals surface area contributed by atoms with Gasteiger partial charge >= 0.3 is 11.9 Å². The second-order valence-electron chi connectivity index (χ2n) is 4.30. The molecular formula is C14H18O5. The second kappa shape index (κ2) is 6.89. The summed E-state index contributed by atoms with van der Waals surface area (Å²) in [6.07, 6.45) is -0.846. The number of carbonyl (C=O) groups is 2. The van der Waals surface area contributed by atoms with Crippen molar-refractivity contribution in [2.75, 3.05) is 6.61 Å². The number of hydrogen-bond donors (Lipinski definition) is 2. The molecule has 0 aliphatic carbocycles. The lowest BCUT2D eigenvalue weighted by molar-refractivity contribution is -0.147. The molecule has 0 aromatic heterocycles. The Hall–Kier alpha value is -1.88.